The molecule has 0 aliphatic rings. The Bertz CT molecular complexity index is 697. The second-order valence-corrected chi connectivity index (χ2v) is 5.63. The van der Waals surface area contributed by atoms with Crippen LogP contribution in [-0.4, -0.2) is 19.1 Å². The fraction of sp³-hybridized carbons (Fsp3) is 0.286. The maximum absolute atomic E-state index is 12.6. The molecule has 0 unspecified atom stereocenters. The average molecular weight is 339 g/mol. The number of carbonyl (C=O) groups excluding carboxylic acids is 1. The van der Waals surface area contributed by atoms with Crippen molar-refractivity contribution in [2.24, 2.45) is 0 Å². The minimum Gasteiger partial charge on any atom is -0.493 e. The molecule has 0 saturated carbocycles. The summed E-state index contributed by atoms with van der Waals surface area (Å²) in [5, 5.41) is 2.89. The lowest BCUT2D eigenvalue weighted by molar-refractivity contribution is 0.102. The summed E-state index contributed by atoms with van der Waals surface area (Å²) in [7, 11) is 0. The largest absolute Gasteiger partial charge is 0.493 e. The Hall–Kier alpha value is -2.75. The molecule has 0 radical (unpaired) electrons. The molecular weight excluding hydrogens is 314 g/mol. The van der Waals surface area contributed by atoms with Crippen molar-refractivity contribution in [1.82, 2.24) is 0 Å². The van der Waals surface area contributed by atoms with Gasteiger partial charge in [-0.25, -0.2) is 0 Å². The van der Waals surface area contributed by atoms with Gasteiger partial charge in [0.2, 0.25) is 0 Å². The van der Waals surface area contributed by atoms with Gasteiger partial charge in [-0.2, -0.15) is 0 Å². The van der Waals surface area contributed by atoms with Crippen LogP contribution in [0.3, 0.4) is 0 Å². The normalized spacial score (nSPS) is 10.1. The van der Waals surface area contributed by atoms with E-state index in [2.05, 4.69) is 18.8 Å². The second kappa shape index (κ2) is 10.2. The van der Waals surface area contributed by atoms with Crippen LogP contribution in [-0.2, 0) is 0 Å². The molecule has 2 aromatic rings. The lowest BCUT2D eigenvalue weighted by atomic mass is 10.1. The molecule has 2 rings (SSSR count). The highest BCUT2D eigenvalue weighted by Gasteiger charge is 2.12. The van der Waals surface area contributed by atoms with E-state index in [-0.39, 0.29) is 5.91 Å². The van der Waals surface area contributed by atoms with Gasteiger partial charge >= 0.3 is 0 Å². The first-order valence-electron chi connectivity index (χ1n) is 8.61. The number of rotatable bonds is 10. The van der Waals surface area contributed by atoms with E-state index in [4.69, 9.17) is 9.47 Å². The van der Waals surface area contributed by atoms with Crippen molar-refractivity contribution in [1.29, 1.82) is 0 Å². The number of amides is 1. The molecule has 0 aliphatic carbocycles. The quantitative estimate of drug-likeness (QED) is 0.485. The lowest BCUT2D eigenvalue weighted by Crippen LogP contribution is -2.14. The maximum atomic E-state index is 12.6. The molecular formula is C21H25NO3. The van der Waals surface area contributed by atoms with E-state index in [9.17, 15) is 4.79 Å². The van der Waals surface area contributed by atoms with Crippen LogP contribution >= 0.6 is 0 Å². The first-order chi connectivity index (χ1) is 12.2. The molecule has 0 atom stereocenters. The molecule has 0 spiro atoms. The van der Waals surface area contributed by atoms with Crippen LogP contribution in [0.15, 0.2) is 61.2 Å². The van der Waals surface area contributed by atoms with Crippen molar-refractivity contribution >= 4 is 11.6 Å². The number of ether oxygens (including phenoxy) is 2. The van der Waals surface area contributed by atoms with Crippen molar-refractivity contribution in [2.75, 3.05) is 18.5 Å². The van der Waals surface area contributed by atoms with Gasteiger partial charge in [0.25, 0.3) is 5.91 Å². The Labute approximate surface area is 149 Å². The van der Waals surface area contributed by atoms with E-state index in [0.29, 0.717) is 36.0 Å². The molecule has 0 saturated heterocycles. The van der Waals surface area contributed by atoms with Gasteiger partial charge in [-0.1, -0.05) is 50.6 Å². The van der Waals surface area contributed by atoms with E-state index in [1.165, 1.54) is 0 Å². The summed E-state index contributed by atoms with van der Waals surface area (Å²) >= 11 is 0. The van der Waals surface area contributed by atoms with Crippen LogP contribution in [0.1, 0.15) is 36.5 Å². The van der Waals surface area contributed by atoms with Gasteiger partial charge in [-0.05, 0) is 30.7 Å². The number of benzene rings is 2. The summed E-state index contributed by atoms with van der Waals surface area (Å²) in [5.74, 6) is 1.09. The summed E-state index contributed by atoms with van der Waals surface area (Å²) < 4.78 is 11.3. The molecule has 0 bridgehead atoms. The van der Waals surface area contributed by atoms with Crippen LogP contribution in [0.5, 0.6) is 11.5 Å². The topological polar surface area (TPSA) is 47.6 Å². The van der Waals surface area contributed by atoms with Gasteiger partial charge in [0.15, 0.2) is 0 Å². The van der Waals surface area contributed by atoms with Crippen molar-refractivity contribution in [2.45, 2.75) is 26.2 Å². The maximum Gasteiger partial charge on any atom is 0.259 e. The van der Waals surface area contributed by atoms with Gasteiger partial charge in [0.05, 0.1) is 12.2 Å². The van der Waals surface area contributed by atoms with Gasteiger partial charge in [0.1, 0.15) is 18.1 Å². The zero-order chi connectivity index (χ0) is 17.9. The summed E-state index contributed by atoms with van der Waals surface area (Å²) in [6.07, 6.45) is 4.91. The molecule has 4 heteroatoms. The Balaban J connectivity index is 2.04. The van der Waals surface area contributed by atoms with Crippen LogP contribution in [0, 0.1) is 0 Å². The molecule has 0 fully saturated rings. The third-order valence-corrected chi connectivity index (χ3v) is 3.60. The number of hydrogen-bond acceptors (Lipinski definition) is 3. The van der Waals surface area contributed by atoms with Crippen molar-refractivity contribution in [3.8, 4) is 11.5 Å². The Morgan fingerprint density at radius 3 is 2.76 bits per heavy atom. The van der Waals surface area contributed by atoms with Crippen molar-refractivity contribution in [3.63, 3.8) is 0 Å². The van der Waals surface area contributed by atoms with Gasteiger partial charge in [0, 0.05) is 11.8 Å². The molecule has 2 aromatic carbocycles. The standard InChI is InChI=1S/C21H25NO3/c1-3-5-8-15-25-20-13-7-6-12-19(20)21(23)22-17-10-9-11-18(16-17)24-14-4-2/h4,6-7,9-13,16H,2-3,5,8,14-15H2,1H3,(H,22,23). The van der Waals surface area contributed by atoms with Crippen LogP contribution in [0.4, 0.5) is 5.69 Å². The number of anilines is 1. The van der Waals surface area contributed by atoms with E-state index >= 15 is 0 Å². The van der Waals surface area contributed by atoms with Crippen LogP contribution < -0.4 is 14.8 Å². The Morgan fingerprint density at radius 1 is 1.12 bits per heavy atom. The van der Waals surface area contributed by atoms with Gasteiger partial charge < -0.3 is 14.8 Å². The zero-order valence-electron chi connectivity index (χ0n) is 14.7. The predicted octanol–water partition coefficient (Wildman–Crippen LogP) is 5.07. The third-order valence-electron chi connectivity index (χ3n) is 3.60. The van der Waals surface area contributed by atoms with E-state index < -0.39 is 0 Å². The van der Waals surface area contributed by atoms with Gasteiger partial charge in [-0.3, -0.25) is 4.79 Å². The summed E-state index contributed by atoms with van der Waals surface area (Å²) in [5.41, 5.74) is 1.20. The number of carbonyl (C=O) groups is 1. The number of para-hydroxylation sites is 1. The summed E-state index contributed by atoms with van der Waals surface area (Å²) in [6.45, 7) is 6.81. The van der Waals surface area contributed by atoms with E-state index in [1.54, 1.807) is 18.2 Å². The van der Waals surface area contributed by atoms with Crippen LogP contribution in [0.2, 0.25) is 0 Å². The molecule has 0 heterocycles. The first-order valence-corrected chi connectivity index (χ1v) is 8.61. The first kappa shape index (κ1) is 18.6. The Morgan fingerprint density at radius 2 is 1.96 bits per heavy atom. The SMILES string of the molecule is C=CCOc1cccc(NC(=O)c2ccccc2OCCCCC)c1. The number of hydrogen-bond donors (Lipinski definition) is 1. The zero-order valence-corrected chi connectivity index (χ0v) is 14.7. The fourth-order valence-electron chi connectivity index (χ4n) is 2.33. The van der Waals surface area contributed by atoms with Crippen molar-refractivity contribution < 1.29 is 14.3 Å². The van der Waals surface area contributed by atoms with Gasteiger partial charge in [-0.15, -0.1) is 0 Å². The molecule has 0 aromatic heterocycles. The molecule has 1 amide bonds. The minimum absolute atomic E-state index is 0.202. The minimum atomic E-state index is -0.202. The third kappa shape index (κ3) is 5.99. The van der Waals surface area contributed by atoms with Crippen molar-refractivity contribution in [3.05, 3.63) is 66.7 Å². The predicted molar refractivity (Wildman–Crippen MR) is 102 cm³/mol. The fourth-order valence-corrected chi connectivity index (χ4v) is 2.33. The number of unbranched alkanes of at least 4 members (excludes halogenated alkanes) is 2. The monoisotopic (exact) mass is 339 g/mol. The highest BCUT2D eigenvalue weighted by molar-refractivity contribution is 6.06. The highest BCUT2D eigenvalue weighted by Crippen LogP contribution is 2.22. The molecule has 25 heavy (non-hydrogen) atoms. The molecule has 1 N–H and O–H groups in total. The summed E-state index contributed by atoms with van der Waals surface area (Å²) in [6, 6.07) is 14.6. The number of nitrogens with one attached hydrogen (secondary N) is 1. The van der Waals surface area contributed by atoms with E-state index in [1.807, 2.05) is 36.4 Å². The smallest absolute Gasteiger partial charge is 0.259 e. The molecule has 132 valence electrons. The van der Waals surface area contributed by atoms with E-state index in [0.717, 1.165) is 19.3 Å². The van der Waals surface area contributed by atoms with Crippen LogP contribution in [0.25, 0.3) is 0 Å². The Kier molecular flexibility index (Phi) is 7.57. The summed E-state index contributed by atoms with van der Waals surface area (Å²) in [4.78, 5) is 12.6. The molecule has 0 aliphatic heterocycles. The second-order valence-electron chi connectivity index (χ2n) is 5.63. The lowest BCUT2D eigenvalue weighted by Gasteiger charge is -2.12. The average Bonchev–Trinajstić information content (AvgIpc) is 2.64. The highest BCUT2D eigenvalue weighted by atomic mass is 16.5. The molecule has 4 nitrogen and oxygen atoms in total.